The van der Waals surface area contributed by atoms with E-state index >= 15 is 0 Å². The van der Waals surface area contributed by atoms with Crippen LogP contribution in [0, 0.1) is 5.82 Å². The minimum atomic E-state index is -0.414. The molecular formula is C27H36FN5O3. The first-order valence-electron chi connectivity index (χ1n) is 12.3. The molecule has 9 heteroatoms. The summed E-state index contributed by atoms with van der Waals surface area (Å²) in [6.07, 6.45) is 0.694. The van der Waals surface area contributed by atoms with Crippen LogP contribution >= 0.6 is 0 Å². The van der Waals surface area contributed by atoms with Gasteiger partial charge in [0.25, 0.3) is 5.91 Å². The lowest BCUT2D eigenvalue weighted by Gasteiger charge is -2.37. The zero-order chi connectivity index (χ0) is 26.3. The smallest absolute Gasteiger partial charge is 0.317 e. The molecular weight excluding hydrogens is 461 g/mol. The maximum Gasteiger partial charge on any atom is 0.317 e. The Kier molecular flexibility index (Phi) is 8.90. The highest BCUT2D eigenvalue weighted by Gasteiger charge is 2.24. The van der Waals surface area contributed by atoms with E-state index in [1.165, 1.54) is 29.2 Å². The number of amides is 4. The van der Waals surface area contributed by atoms with Gasteiger partial charge >= 0.3 is 6.03 Å². The van der Waals surface area contributed by atoms with Gasteiger partial charge < -0.3 is 25.3 Å². The van der Waals surface area contributed by atoms with Gasteiger partial charge in [0.1, 0.15) is 12.4 Å². The zero-order valence-corrected chi connectivity index (χ0v) is 21.5. The summed E-state index contributed by atoms with van der Waals surface area (Å²) >= 11 is 0. The molecule has 0 unspecified atom stereocenters. The molecule has 2 aromatic carbocycles. The Hall–Kier alpha value is -3.62. The highest BCUT2D eigenvalue weighted by molar-refractivity contribution is 5.99. The summed E-state index contributed by atoms with van der Waals surface area (Å²) in [5, 5.41) is 5.85. The van der Waals surface area contributed by atoms with Gasteiger partial charge in [-0.15, -0.1) is 0 Å². The lowest BCUT2D eigenvalue weighted by atomic mass is 10.1. The third-order valence-corrected chi connectivity index (χ3v) is 5.77. The Labute approximate surface area is 212 Å². The van der Waals surface area contributed by atoms with E-state index in [-0.39, 0.29) is 29.9 Å². The van der Waals surface area contributed by atoms with E-state index in [1.54, 1.807) is 0 Å². The number of piperazine rings is 1. The van der Waals surface area contributed by atoms with Gasteiger partial charge in [-0.25, -0.2) is 9.18 Å². The predicted molar refractivity (Wildman–Crippen MR) is 140 cm³/mol. The molecule has 36 heavy (non-hydrogen) atoms. The minimum Gasteiger partial charge on any atom is -0.368 e. The third-order valence-electron chi connectivity index (χ3n) is 5.77. The number of benzene rings is 2. The van der Waals surface area contributed by atoms with Crippen molar-refractivity contribution in [2.24, 2.45) is 0 Å². The van der Waals surface area contributed by atoms with Gasteiger partial charge in [0, 0.05) is 55.2 Å². The van der Waals surface area contributed by atoms with E-state index in [0.717, 1.165) is 18.8 Å². The van der Waals surface area contributed by atoms with Crippen LogP contribution in [-0.2, 0) is 4.79 Å². The lowest BCUT2D eigenvalue weighted by molar-refractivity contribution is -0.116. The lowest BCUT2D eigenvalue weighted by Crippen LogP contribution is -2.55. The molecule has 0 atom stereocenters. The topological polar surface area (TPSA) is 85.0 Å². The number of nitrogens with one attached hydrogen (secondary N) is 2. The summed E-state index contributed by atoms with van der Waals surface area (Å²) in [5.41, 5.74) is 1.73. The standard InChI is InChI=1S/C27H36FN5O3/c1-5-14-33(25(35)20-6-8-21(28)9-7-20)19-24(34)29-22-10-12-23(13-11-22)31-15-17-32(18-16-31)26(36)30-27(2,3)4/h6-13H,5,14-19H2,1-4H3,(H,29,34)(H,30,36). The number of carbonyl (C=O) groups is 3. The first kappa shape index (κ1) is 27.0. The average Bonchev–Trinajstić information content (AvgIpc) is 2.83. The molecule has 1 aliphatic heterocycles. The van der Waals surface area contributed by atoms with Gasteiger partial charge in [0.2, 0.25) is 5.91 Å². The normalized spacial score (nSPS) is 13.8. The van der Waals surface area contributed by atoms with E-state index in [4.69, 9.17) is 0 Å². The van der Waals surface area contributed by atoms with Crippen molar-refractivity contribution in [2.75, 3.05) is 49.5 Å². The van der Waals surface area contributed by atoms with Gasteiger partial charge in [0.05, 0.1) is 0 Å². The van der Waals surface area contributed by atoms with Crippen molar-refractivity contribution in [1.29, 1.82) is 0 Å². The Morgan fingerprint density at radius 2 is 1.56 bits per heavy atom. The van der Waals surface area contributed by atoms with Crippen molar-refractivity contribution < 1.29 is 18.8 Å². The fourth-order valence-electron chi connectivity index (χ4n) is 3.99. The monoisotopic (exact) mass is 497 g/mol. The summed E-state index contributed by atoms with van der Waals surface area (Å²) in [6.45, 7) is 10.9. The second-order valence-corrected chi connectivity index (χ2v) is 9.98. The first-order chi connectivity index (χ1) is 17.1. The van der Waals surface area contributed by atoms with Crippen LogP contribution in [0.15, 0.2) is 48.5 Å². The summed E-state index contributed by atoms with van der Waals surface area (Å²) in [6, 6.07) is 12.8. The number of nitrogens with zero attached hydrogens (tertiary/aromatic N) is 3. The second-order valence-electron chi connectivity index (χ2n) is 9.98. The van der Waals surface area contributed by atoms with E-state index in [1.807, 2.05) is 56.9 Å². The van der Waals surface area contributed by atoms with E-state index in [9.17, 15) is 18.8 Å². The summed E-state index contributed by atoms with van der Waals surface area (Å²) in [5.74, 6) is -1.02. The van der Waals surface area contributed by atoms with Crippen LogP contribution in [0.25, 0.3) is 0 Å². The molecule has 3 rings (SSSR count). The predicted octanol–water partition coefficient (Wildman–Crippen LogP) is 3.95. The number of urea groups is 1. The molecule has 0 radical (unpaired) electrons. The van der Waals surface area contributed by atoms with Crippen molar-refractivity contribution in [3.63, 3.8) is 0 Å². The first-order valence-corrected chi connectivity index (χ1v) is 12.3. The Balaban J connectivity index is 1.53. The summed E-state index contributed by atoms with van der Waals surface area (Å²) in [7, 11) is 0. The highest BCUT2D eigenvalue weighted by Crippen LogP contribution is 2.20. The number of hydrogen-bond donors (Lipinski definition) is 2. The molecule has 1 fully saturated rings. The molecule has 194 valence electrons. The molecule has 4 amide bonds. The summed E-state index contributed by atoms with van der Waals surface area (Å²) < 4.78 is 13.2. The minimum absolute atomic E-state index is 0.0461. The van der Waals surface area contributed by atoms with Crippen molar-refractivity contribution in [1.82, 2.24) is 15.1 Å². The van der Waals surface area contributed by atoms with Crippen LogP contribution in [-0.4, -0.2) is 72.5 Å². The maximum absolute atomic E-state index is 13.2. The zero-order valence-electron chi connectivity index (χ0n) is 21.5. The van der Waals surface area contributed by atoms with Crippen LogP contribution < -0.4 is 15.5 Å². The third kappa shape index (κ3) is 7.69. The number of rotatable bonds is 7. The van der Waals surface area contributed by atoms with Crippen molar-refractivity contribution in [3.05, 3.63) is 59.9 Å². The SMILES string of the molecule is CCCN(CC(=O)Nc1ccc(N2CCN(C(=O)NC(C)(C)C)CC2)cc1)C(=O)c1ccc(F)cc1. The Bertz CT molecular complexity index is 1040. The Morgan fingerprint density at radius 3 is 2.11 bits per heavy atom. The Morgan fingerprint density at radius 1 is 0.944 bits per heavy atom. The molecule has 0 spiro atoms. The van der Waals surface area contributed by atoms with Gasteiger partial charge in [0.15, 0.2) is 0 Å². The largest absolute Gasteiger partial charge is 0.368 e. The van der Waals surface area contributed by atoms with Gasteiger partial charge in [-0.2, -0.15) is 0 Å². The quantitative estimate of drug-likeness (QED) is 0.607. The van der Waals surface area contributed by atoms with Crippen LogP contribution in [0.4, 0.5) is 20.6 Å². The summed E-state index contributed by atoms with van der Waals surface area (Å²) in [4.78, 5) is 43.3. The molecule has 8 nitrogen and oxygen atoms in total. The number of halogens is 1. The number of carbonyl (C=O) groups excluding carboxylic acids is 3. The highest BCUT2D eigenvalue weighted by atomic mass is 19.1. The molecule has 1 saturated heterocycles. The molecule has 0 saturated carbocycles. The molecule has 2 aromatic rings. The molecule has 1 aliphatic rings. The second kappa shape index (κ2) is 11.9. The number of anilines is 2. The molecule has 2 N–H and O–H groups in total. The molecule has 0 bridgehead atoms. The van der Waals surface area contributed by atoms with Crippen LogP contribution in [0.3, 0.4) is 0 Å². The molecule has 0 aromatic heterocycles. The van der Waals surface area contributed by atoms with Crippen molar-refractivity contribution in [3.8, 4) is 0 Å². The van der Waals surface area contributed by atoms with E-state index < -0.39 is 5.82 Å². The average molecular weight is 498 g/mol. The van der Waals surface area contributed by atoms with E-state index in [2.05, 4.69) is 15.5 Å². The van der Waals surface area contributed by atoms with Crippen LogP contribution in [0.5, 0.6) is 0 Å². The fraction of sp³-hybridized carbons (Fsp3) is 0.444. The van der Waals surface area contributed by atoms with Crippen molar-refractivity contribution >= 4 is 29.2 Å². The van der Waals surface area contributed by atoms with Gasteiger partial charge in [-0.1, -0.05) is 6.92 Å². The van der Waals surface area contributed by atoms with Crippen LogP contribution in [0.2, 0.25) is 0 Å². The molecule has 1 heterocycles. The van der Waals surface area contributed by atoms with Gasteiger partial charge in [-0.3, -0.25) is 9.59 Å². The van der Waals surface area contributed by atoms with Crippen molar-refractivity contribution in [2.45, 2.75) is 39.7 Å². The molecule has 0 aliphatic carbocycles. The van der Waals surface area contributed by atoms with Gasteiger partial charge in [-0.05, 0) is 75.7 Å². The fourth-order valence-corrected chi connectivity index (χ4v) is 3.99. The maximum atomic E-state index is 13.2. The van der Waals surface area contributed by atoms with Crippen LogP contribution in [0.1, 0.15) is 44.5 Å². The van der Waals surface area contributed by atoms with E-state index in [0.29, 0.717) is 37.3 Å². The number of hydrogen-bond acceptors (Lipinski definition) is 4.